The van der Waals surface area contributed by atoms with Crippen LogP contribution in [0.4, 0.5) is 0 Å². The summed E-state index contributed by atoms with van der Waals surface area (Å²) in [5.41, 5.74) is -0.181. The molecule has 0 aromatic heterocycles. The van der Waals surface area contributed by atoms with E-state index in [2.05, 4.69) is 6.58 Å². The van der Waals surface area contributed by atoms with Gasteiger partial charge in [0.25, 0.3) is 0 Å². The third-order valence-corrected chi connectivity index (χ3v) is 0.493. The Hall–Kier alpha value is -0.0638. The molecule has 0 saturated heterocycles. The minimum absolute atomic E-state index is 0. The zero-order valence-electron chi connectivity index (χ0n) is 6.42. The second-order valence-electron chi connectivity index (χ2n) is 1.07. The topological polar surface area (TPSA) is 57.5 Å². The minimum atomic E-state index is -1.15. The number of aliphatic hydroxyl groups is 1. The van der Waals surface area contributed by atoms with Crippen LogP contribution in [0.2, 0.25) is 0 Å². The van der Waals surface area contributed by atoms with Gasteiger partial charge in [0.05, 0.1) is 12.2 Å². The van der Waals surface area contributed by atoms with Gasteiger partial charge in [-0.25, -0.2) is 4.79 Å². The molecule has 8 heavy (non-hydrogen) atoms. The third kappa shape index (κ3) is 4.10. The van der Waals surface area contributed by atoms with E-state index in [4.69, 9.17) is 10.2 Å². The smallest absolute Gasteiger partial charge is 1.00 e. The molecule has 0 fully saturated rings. The van der Waals surface area contributed by atoms with Crippen molar-refractivity contribution in [3.8, 4) is 0 Å². The Labute approximate surface area is 66.1 Å². The van der Waals surface area contributed by atoms with Gasteiger partial charge < -0.3 is 13.1 Å². The largest absolute Gasteiger partial charge is 2.00 e. The molecule has 0 aromatic carbocycles. The predicted molar refractivity (Wildman–Crippen MR) is 31.8 cm³/mol. The maximum atomic E-state index is 9.67. The Kier molecular flexibility index (Phi) is 6.88. The fourth-order valence-corrected chi connectivity index (χ4v) is 0.0676. The van der Waals surface area contributed by atoms with E-state index in [1.807, 2.05) is 0 Å². The van der Waals surface area contributed by atoms with Crippen molar-refractivity contribution < 1.29 is 17.9 Å². The first-order valence-electron chi connectivity index (χ1n) is 1.70. The molecule has 0 spiro atoms. The molecule has 44 valence electrons. The molecule has 0 amide bonds. The van der Waals surface area contributed by atoms with Gasteiger partial charge in [-0.15, -0.1) is 0 Å². The van der Waals surface area contributed by atoms with Crippen molar-refractivity contribution in [1.29, 1.82) is 0 Å². The first-order valence-corrected chi connectivity index (χ1v) is 1.70. The third-order valence-electron chi connectivity index (χ3n) is 0.493. The maximum Gasteiger partial charge on any atom is 2.00 e. The summed E-state index contributed by atoms with van der Waals surface area (Å²) in [7, 11) is 0. The molecule has 0 aliphatic rings. The van der Waals surface area contributed by atoms with Crippen molar-refractivity contribution in [3.05, 3.63) is 12.2 Å². The average Bonchev–Trinajstić information content (AvgIpc) is 1.65. The van der Waals surface area contributed by atoms with Crippen molar-refractivity contribution in [3.63, 3.8) is 0 Å². The van der Waals surface area contributed by atoms with E-state index in [1.165, 1.54) is 0 Å². The first kappa shape index (κ1) is 10.8. The Morgan fingerprint density at radius 2 is 2.12 bits per heavy atom. The van der Waals surface area contributed by atoms with Gasteiger partial charge in [0, 0.05) is 0 Å². The number of aliphatic carboxylic acids is 1. The van der Waals surface area contributed by atoms with Gasteiger partial charge in [-0.05, 0) is 0 Å². The summed E-state index contributed by atoms with van der Waals surface area (Å²) in [5.74, 6) is -1.15. The number of carbonyl (C=O) groups is 1. The normalized spacial score (nSPS) is 7.12. The molecule has 0 bridgehead atoms. The van der Waals surface area contributed by atoms with Gasteiger partial charge in [-0.2, -0.15) is 0 Å². The van der Waals surface area contributed by atoms with Gasteiger partial charge >= 0.3 is 29.0 Å². The first-order chi connectivity index (χ1) is 3.18. The van der Waals surface area contributed by atoms with Crippen LogP contribution in [0.1, 0.15) is 2.85 Å². The number of aliphatic hydroxyl groups excluding tert-OH is 1. The van der Waals surface area contributed by atoms with Crippen LogP contribution in [0.5, 0.6) is 0 Å². The zero-order chi connectivity index (χ0) is 5.86. The molecule has 0 saturated carbocycles. The van der Waals surface area contributed by atoms with Gasteiger partial charge in [0.1, 0.15) is 0 Å². The van der Waals surface area contributed by atoms with Crippen LogP contribution in [-0.4, -0.2) is 45.8 Å². The molecular weight excluding hydrogens is 120 g/mol. The summed E-state index contributed by atoms with van der Waals surface area (Å²) in [4.78, 5) is 9.67. The maximum absolute atomic E-state index is 9.67. The van der Waals surface area contributed by atoms with E-state index in [0.717, 1.165) is 0 Å². The van der Waals surface area contributed by atoms with Crippen LogP contribution in [-0.2, 0) is 4.79 Å². The summed E-state index contributed by atoms with van der Waals surface area (Å²) in [6.45, 7) is 2.55. The fourth-order valence-electron chi connectivity index (χ4n) is 0.0676. The molecule has 0 unspecified atom stereocenters. The fraction of sp³-hybridized carbons (Fsp3) is 0.250. The summed E-state index contributed by atoms with van der Waals surface area (Å²) >= 11 is 0. The average molecular weight is 128 g/mol. The molecule has 0 aromatic rings. The van der Waals surface area contributed by atoms with E-state index in [1.54, 1.807) is 0 Å². The van der Waals surface area contributed by atoms with Crippen molar-refractivity contribution >= 4 is 29.0 Å². The zero-order valence-corrected chi connectivity index (χ0v) is 5.84. The monoisotopic (exact) mass is 128 g/mol. The second-order valence-corrected chi connectivity index (χ2v) is 1.07. The summed E-state index contributed by atoms with van der Waals surface area (Å²) in [6, 6.07) is 0. The molecule has 0 rings (SSSR count). The van der Waals surface area contributed by atoms with E-state index in [9.17, 15) is 4.79 Å². The summed E-state index contributed by atoms with van der Waals surface area (Å²) in [6.07, 6.45) is 0. The molecule has 0 atom stereocenters. The van der Waals surface area contributed by atoms with E-state index in [-0.39, 0.29) is 31.5 Å². The Bertz CT molecular complexity index is 107. The molecular formula is C4H8MgO3. The SMILES string of the molecule is C=C(CO)C(=O)O.[H-].[H-].[Mg+2]. The van der Waals surface area contributed by atoms with Crippen molar-refractivity contribution in [2.45, 2.75) is 0 Å². The number of carboxylic acids is 1. The van der Waals surface area contributed by atoms with E-state index >= 15 is 0 Å². The molecule has 0 radical (unpaired) electrons. The minimum Gasteiger partial charge on any atom is -1.00 e. The standard InChI is InChI=1S/C4H6O3.Mg.2H/c1-3(2-5)4(6)7;;;/h5H,1-2H2,(H,6,7);;;/q;+2;2*-1. The van der Waals surface area contributed by atoms with Gasteiger partial charge in [-0.1, -0.05) is 6.58 Å². The molecule has 0 aliphatic heterocycles. The van der Waals surface area contributed by atoms with Crippen LogP contribution in [0.25, 0.3) is 0 Å². The Balaban J connectivity index is -0.0000000600. The molecule has 0 aliphatic carbocycles. The number of carboxylic acid groups (broad SMARTS) is 1. The van der Waals surface area contributed by atoms with Crippen molar-refractivity contribution in [1.82, 2.24) is 0 Å². The summed E-state index contributed by atoms with van der Waals surface area (Å²) < 4.78 is 0. The van der Waals surface area contributed by atoms with Crippen LogP contribution in [0, 0.1) is 0 Å². The number of rotatable bonds is 2. The van der Waals surface area contributed by atoms with Crippen molar-refractivity contribution in [2.24, 2.45) is 0 Å². The predicted octanol–water partition coefficient (Wildman–Crippen LogP) is -0.536. The number of hydrogen-bond donors (Lipinski definition) is 2. The van der Waals surface area contributed by atoms with E-state index < -0.39 is 12.6 Å². The van der Waals surface area contributed by atoms with Gasteiger partial charge in [0.15, 0.2) is 0 Å². The van der Waals surface area contributed by atoms with Crippen LogP contribution < -0.4 is 0 Å². The molecule has 4 heteroatoms. The molecule has 2 N–H and O–H groups in total. The van der Waals surface area contributed by atoms with Crippen LogP contribution in [0.3, 0.4) is 0 Å². The van der Waals surface area contributed by atoms with Crippen molar-refractivity contribution in [2.75, 3.05) is 6.61 Å². The summed E-state index contributed by atoms with van der Waals surface area (Å²) in [5, 5.41) is 15.9. The van der Waals surface area contributed by atoms with Crippen LogP contribution in [0.15, 0.2) is 12.2 Å². The quantitative estimate of drug-likeness (QED) is 0.388. The van der Waals surface area contributed by atoms with E-state index in [0.29, 0.717) is 0 Å². The van der Waals surface area contributed by atoms with Gasteiger partial charge in [0.2, 0.25) is 0 Å². The van der Waals surface area contributed by atoms with Gasteiger partial charge in [-0.3, -0.25) is 0 Å². The molecule has 0 heterocycles. The Morgan fingerprint density at radius 1 is 1.75 bits per heavy atom. The number of hydrogen-bond acceptors (Lipinski definition) is 2. The molecule has 3 nitrogen and oxygen atoms in total. The van der Waals surface area contributed by atoms with Crippen LogP contribution >= 0.6 is 0 Å². The second kappa shape index (κ2) is 5.08. The Morgan fingerprint density at radius 3 is 2.12 bits per heavy atom.